The number of hydrogen-bond acceptors (Lipinski definition) is 2. The second kappa shape index (κ2) is 4.24. The summed E-state index contributed by atoms with van der Waals surface area (Å²) in [5.41, 5.74) is 0.0598. The van der Waals surface area contributed by atoms with Crippen LogP contribution in [0.2, 0.25) is 0 Å². The van der Waals surface area contributed by atoms with Crippen LogP contribution in [0.25, 0.3) is 0 Å². The minimum atomic E-state index is 0.0598. The van der Waals surface area contributed by atoms with Gasteiger partial charge in [-0.3, -0.25) is 0 Å². The van der Waals surface area contributed by atoms with E-state index in [9.17, 15) is 0 Å². The molecule has 1 aliphatic heterocycles. The Morgan fingerprint density at radius 3 is 2.75 bits per heavy atom. The molecule has 0 saturated carbocycles. The standard InChI is InChI=1S/C10H21NO/c1-10(2,12-3)7-6-9-5-4-8-11-9/h9,11H,4-8H2,1-3H3. The molecule has 0 spiro atoms. The van der Waals surface area contributed by atoms with Gasteiger partial charge in [-0.25, -0.2) is 0 Å². The molecule has 0 aromatic rings. The molecular formula is C10H21NO. The summed E-state index contributed by atoms with van der Waals surface area (Å²) in [4.78, 5) is 0. The predicted octanol–water partition coefficient (Wildman–Crippen LogP) is 1.94. The Morgan fingerprint density at radius 2 is 2.25 bits per heavy atom. The molecular weight excluding hydrogens is 150 g/mol. The van der Waals surface area contributed by atoms with E-state index >= 15 is 0 Å². The topological polar surface area (TPSA) is 21.3 Å². The lowest BCUT2D eigenvalue weighted by molar-refractivity contribution is 0.0121. The SMILES string of the molecule is COC(C)(C)CCC1CCCN1. The van der Waals surface area contributed by atoms with E-state index in [0.717, 1.165) is 12.5 Å². The molecule has 0 amide bonds. The van der Waals surface area contributed by atoms with Crippen LogP contribution in [0.3, 0.4) is 0 Å². The molecule has 72 valence electrons. The van der Waals surface area contributed by atoms with Crippen molar-refractivity contribution in [1.82, 2.24) is 5.32 Å². The van der Waals surface area contributed by atoms with Gasteiger partial charge in [0, 0.05) is 13.2 Å². The normalized spacial score (nSPS) is 24.8. The highest BCUT2D eigenvalue weighted by atomic mass is 16.5. The van der Waals surface area contributed by atoms with Crippen molar-refractivity contribution >= 4 is 0 Å². The zero-order valence-corrected chi connectivity index (χ0v) is 8.52. The predicted molar refractivity (Wildman–Crippen MR) is 51.3 cm³/mol. The van der Waals surface area contributed by atoms with Crippen LogP contribution < -0.4 is 5.32 Å². The maximum absolute atomic E-state index is 5.37. The van der Waals surface area contributed by atoms with Crippen LogP contribution in [-0.2, 0) is 4.74 Å². The Morgan fingerprint density at radius 1 is 1.50 bits per heavy atom. The van der Waals surface area contributed by atoms with E-state index in [4.69, 9.17) is 4.74 Å². The third-order valence-corrected chi connectivity index (χ3v) is 2.81. The Kier molecular flexibility index (Phi) is 3.53. The van der Waals surface area contributed by atoms with Crippen molar-refractivity contribution in [1.29, 1.82) is 0 Å². The zero-order chi connectivity index (χ0) is 9.03. The summed E-state index contributed by atoms with van der Waals surface area (Å²) < 4.78 is 5.37. The van der Waals surface area contributed by atoms with E-state index < -0.39 is 0 Å². The molecule has 1 aliphatic rings. The van der Waals surface area contributed by atoms with Gasteiger partial charge >= 0.3 is 0 Å². The second-order valence-corrected chi connectivity index (χ2v) is 4.30. The molecule has 1 saturated heterocycles. The maximum atomic E-state index is 5.37. The molecule has 0 bridgehead atoms. The van der Waals surface area contributed by atoms with Gasteiger partial charge in [0.05, 0.1) is 5.60 Å². The zero-order valence-electron chi connectivity index (χ0n) is 8.52. The van der Waals surface area contributed by atoms with E-state index in [2.05, 4.69) is 19.2 Å². The molecule has 0 radical (unpaired) electrons. The highest BCUT2D eigenvalue weighted by Gasteiger charge is 2.20. The van der Waals surface area contributed by atoms with Crippen molar-refractivity contribution in [2.24, 2.45) is 0 Å². The quantitative estimate of drug-likeness (QED) is 0.698. The molecule has 0 aromatic heterocycles. The Hall–Kier alpha value is -0.0800. The summed E-state index contributed by atoms with van der Waals surface area (Å²) in [6.45, 7) is 5.52. The summed E-state index contributed by atoms with van der Waals surface area (Å²) in [5.74, 6) is 0. The number of hydrogen-bond donors (Lipinski definition) is 1. The van der Waals surface area contributed by atoms with Crippen molar-refractivity contribution in [2.45, 2.75) is 51.2 Å². The highest BCUT2D eigenvalue weighted by Crippen LogP contribution is 2.19. The summed E-state index contributed by atoms with van der Waals surface area (Å²) >= 11 is 0. The van der Waals surface area contributed by atoms with Crippen LogP contribution in [0.15, 0.2) is 0 Å². The van der Waals surface area contributed by atoms with E-state index in [1.807, 2.05) is 0 Å². The lowest BCUT2D eigenvalue weighted by Crippen LogP contribution is -2.28. The maximum Gasteiger partial charge on any atom is 0.0623 e. The average molecular weight is 171 g/mol. The van der Waals surface area contributed by atoms with Crippen molar-refractivity contribution < 1.29 is 4.74 Å². The largest absolute Gasteiger partial charge is 0.379 e. The average Bonchev–Trinajstić information content (AvgIpc) is 2.53. The molecule has 0 aromatic carbocycles. The van der Waals surface area contributed by atoms with Gasteiger partial charge in [0.25, 0.3) is 0 Å². The molecule has 1 unspecified atom stereocenters. The Balaban J connectivity index is 2.15. The summed E-state index contributed by atoms with van der Waals surface area (Å²) in [7, 11) is 1.79. The molecule has 2 heteroatoms. The van der Waals surface area contributed by atoms with Crippen LogP contribution >= 0.6 is 0 Å². The van der Waals surface area contributed by atoms with Gasteiger partial charge < -0.3 is 10.1 Å². The molecule has 1 rings (SSSR count). The second-order valence-electron chi connectivity index (χ2n) is 4.30. The molecule has 2 nitrogen and oxygen atoms in total. The first kappa shape index (κ1) is 10.0. The van der Waals surface area contributed by atoms with E-state index in [0.29, 0.717) is 0 Å². The van der Waals surface area contributed by atoms with Crippen LogP contribution in [0.5, 0.6) is 0 Å². The monoisotopic (exact) mass is 171 g/mol. The minimum absolute atomic E-state index is 0.0598. The Labute approximate surface area is 75.7 Å². The van der Waals surface area contributed by atoms with Crippen molar-refractivity contribution in [3.8, 4) is 0 Å². The fourth-order valence-corrected chi connectivity index (χ4v) is 1.63. The molecule has 1 heterocycles. The molecule has 1 N–H and O–H groups in total. The van der Waals surface area contributed by atoms with Crippen LogP contribution in [-0.4, -0.2) is 25.3 Å². The highest BCUT2D eigenvalue weighted by molar-refractivity contribution is 4.78. The minimum Gasteiger partial charge on any atom is -0.379 e. The number of ether oxygens (including phenoxy) is 1. The summed E-state index contributed by atoms with van der Waals surface area (Å²) in [6.07, 6.45) is 5.10. The first-order valence-electron chi connectivity index (χ1n) is 4.92. The summed E-state index contributed by atoms with van der Waals surface area (Å²) in [6, 6.07) is 0.749. The van der Waals surface area contributed by atoms with Crippen LogP contribution in [0.4, 0.5) is 0 Å². The fraction of sp³-hybridized carbons (Fsp3) is 1.00. The lowest BCUT2D eigenvalue weighted by Gasteiger charge is -2.24. The first-order valence-corrected chi connectivity index (χ1v) is 4.92. The van der Waals surface area contributed by atoms with Crippen molar-refractivity contribution in [3.05, 3.63) is 0 Å². The van der Waals surface area contributed by atoms with Crippen LogP contribution in [0, 0.1) is 0 Å². The van der Waals surface area contributed by atoms with E-state index in [-0.39, 0.29) is 5.60 Å². The van der Waals surface area contributed by atoms with E-state index in [1.54, 1.807) is 7.11 Å². The number of nitrogens with one attached hydrogen (secondary N) is 1. The van der Waals surface area contributed by atoms with E-state index in [1.165, 1.54) is 25.8 Å². The number of methoxy groups -OCH3 is 1. The molecule has 1 atom stereocenters. The third-order valence-electron chi connectivity index (χ3n) is 2.81. The number of rotatable bonds is 4. The van der Waals surface area contributed by atoms with Gasteiger partial charge in [0.1, 0.15) is 0 Å². The van der Waals surface area contributed by atoms with Crippen molar-refractivity contribution in [2.75, 3.05) is 13.7 Å². The smallest absolute Gasteiger partial charge is 0.0623 e. The van der Waals surface area contributed by atoms with Crippen molar-refractivity contribution in [3.63, 3.8) is 0 Å². The third kappa shape index (κ3) is 3.11. The Bertz CT molecular complexity index is 128. The van der Waals surface area contributed by atoms with Gasteiger partial charge in [-0.2, -0.15) is 0 Å². The van der Waals surface area contributed by atoms with Gasteiger partial charge in [0.15, 0.2) is 0 Å². The molecule has 12 heavy (non-hydrogen) atoms. The lowest BCUT2D eigenvalue weighted by atomic mass is 9.98. The van der Waals surface area contributed by atoms with Gasteiger partial charge in [-0.05, 0) is 46.1 Å². The van der Waals surface area contributed by atoms with Crippen LogP contribution in [0.1, 0.15) is 39.5 Å². The van der Waals surface area contributed by atoms with Gasteiger partial charge in [0.2, 0.25) is 0 Å². The van der Waals surface area contributed by atoms with Gasteiger partial charge in [-0.15, -0.1) is 0 Å². The molecule has 0 aliphatic carbocycles. The summed E-state index contributed by atoms with van der Waals surface area (Å²) in [5, 5.41) is 3.50. The molecule has 1 fully saturated rings. The van der Waals surface area contributed by atoms with Gasteiger partial charge in [-0.1, -0.05) is 0 Å². The first-order chi connectivity index (χ1) is 5.64. The fourth-order valence-electron chi connectivity index (χ4n) is 1.63.